The smallest absolute Gasteiger partial charge is 0.337 e. The molecule has 5 heteroatoms. The number of hydrogen-bond donors (Lipinski definition) is 2. The van der Waals surface area contributed by atoms with E-state index in [0.29, 0.717) is 5.69 Å². The second-order valence-electron chi connectivity index (χ2n) is 4.77. The quantitative estimate of drug-likeness (QED) is 0.877. The zero-order chi connectivity index (χ0) is 13.8. The summed E-state index contributed by atoms with van der Waals surface area (Å²) in [4.78, 5) is 24.5. The number of carbonyl (C=O) groups excluding carboxylic acids is 1. The summed E-state index contributed by atoms with van der Waals surface area (Å²) in [5.41, 5.74) is 1.50. The van der Waals surface area contributed by atoms with Gasteiger partial charge in [-0.2, -0.15) is 0 Å². The maximum absolute atomic E-state index is 11.4. The lowest BCUT2D eigenvalue weighted by atomic mass is 10.1. The molecule has 1 heterocycles. The summed E-state index contributed by atoms with van der Waals surface area (Å²) in [5.74, 6) is -1.17. The highest BCUT2D eigenvalue weighted by atomic mass is 16.4. The van der Waals surface area contributed by atoms with Gasteiger partial charge in [0.25, 0.3) is 0 Å². The van der Waals surface area contributed by atoms with Crippen LogP contribution in [0.1, 0.15) is 36.5 Å². The molecule has 1 saturated heterocycles. The van der Waals surface area contributed by atoms with Gasteiger partial charge >= 0.3 is 5.97 Å². The van der Waals surface area contributed by atoms with Crippen LogP contribution in [-0.4, -0.2) is 30.1 Å². The third-order valence-corrected chi connectivity index (χ3v) is 3.24. The van der Waals surface area contributed by atoms with Gasteiger partial charge < -0.3 is 15.3 Å². The van der Waals surface area contributed by atoms with E-state index in [1.165, 1.54) is 19.4 Å². The number of aromatic carboxylic acids is 1. The lowest BCUT2D eigenvalue weighted by Crippen LogP contribution is -2.30. The topological polar surface area (TPSA) is 69.6 Å². The molecule has 1 amide bonds. The molecule has 1 aliphatic heterocycles. The molecule has 0 atom stereocenters. The number of carbonyl (C=O) groups is 2. The Bertz CT molecular complexity index is 493. The predicted molar refractivity (Wildman–Crippen MR) is 73.8 cm³/mol. The van der Waals surface area contributed by atoms with Crippen molar-refractivity contribution in [3.05, 3.63) is 23.8 Å². The van der Waals surface area contributed by atoms with Crippen LogP contribution in [0.15, 0.2) is 18.2 Å². The van der Waals surface area contributed by atoms with Crippen LogP contribution in [0.25, 0.3) is 0 Å². The molecule has 19 heavy (non-hydrogen) atoms. The molecule has 2 rings (SSSR count). The Hall–Kier alpha value is -2.04. The number of nitrogens with one attached hydrogen (secondary N) is 1. The van der Waals surface area contributed by atoms with Crippen molar-refractivity contribution in [3.63, 3.8) is 0 Å². The molecule has 0 saturated carbocycles. The van der Waals surface area contributed by atoms with Crippen LogP contribution in [0.2, 0.25) is 0 Å². The Morgan fingerprint density at radius 3 is 2.47 bits per heavy atom. The van der Waals surface area contributed by atoms with E-state index in [0.717, 1.165) is 31.6 Å². The summed E-state index contributed by atoms with van der Waals surface area (Å²) >= 11 is 0. The summed E-state index contributed by atoms with van der Waals surface area (Å²) in [5, 5.41) is 11.9. The zero-order valence-electron chi connectivity index (χ0n) is 11.0. The second-order valence-corrected chi connectivity index (χ2v) is 4.77. The van der Waals surface area contributed by atoms with Crippen LogP contribution in [0.5, 0.6) is 0 Å². The summed E-state index contributed by atoms with van der Waals surface area (Å²) < 4.78 is 0. The number of hydrogen-bond acceptors (Lipinski definition) is 3. The number of carboxylic acids is 1. The molecule has 1 aromatic rings. The standard InChI is InChI=1S/C14H18N2O3/c1-10(17)15-11-5-6-13(12(9-11)14(18)19)16-7-3-2-4-8-16/h5-6,9H,2-4,7-8H2,1H3,(H,15,17)(H,18,19). The molecular formula is C14H18N2O3. The molecule has 0 aromatic heterocycles. The Balaban J connectivity index is 2.31. The number of anilines is 2. The SMILES string of the molecule is CC(=O)Nc1ccc(N2CCCCC2)c(C(=O)O)c1. The summed E-state index contributed by atoms with van der Waals surface area (Å²) in [6.07, 6.45) is 3.38. The highest BCUT2D eigenvalue weighted by Gasteiger charge is 2.18. The lowest BCUT2D eigenvalue weighted by Gasteiger charge is -2.30. The molecule has 0 aliphatic carbocycles. The van der Waals surface area contributed by atoms with Crippen LogP contribution in [0.3, 0.4) is 0 Å². The first kappa shape index (κ1) is 13.4. The zero-order valence-corrected chi connectivity index (χ0v) is 11.0. The van der Waals surface area contributed by atoms with E-state index >= 15 is 0 Å². The van der Waals surface area contributed by atoms with Crippen molar-refractivity contribution in [1.82, 2.24) is 0 Å². The van der Waals surface area contributed by atoms with Crippen LogP contribution in [0, 0.1) is 0 Å². The first-order chi connectivity index (χ1) is 9.08. The van der Waals surface area contributed by atoms with E-state index in [4.69, 9.17) is 0 Å². The van der Waals surface area contributed by atoms with Crippen molar-refractivity contribution in [3.8, 4) is 0 Å². The van der Waals surface area contributed by atoms with Gasteiger partial charge in [-0.05, 0) is 37.5 Å². The van der Waals surface area contributed by atoms with E-state index in [-0.39, 0.29) is 11.5 Å². The number of rotatable bonds is 3. The van der Waals surface area contributed by atoms with Gasteiger partial charge in [0, 0.05) is 25.7 Å². The average Bonchev–Trinajstić information content (AvgIpc) is 2.39. The molecule has 0 radical (unpaired) electrons. The third-order valence-electron chi connectivity index (χ3n) is 3.24. The molecule has 0 spiro atoms. The first-order valence-electron chi connectivity index (χ1n) is 6.48. The Kier molecular flexibility index (Phi) is 4.04. The highest BCUT2D eigenvalue weighted by molar-refractivity contribution is 5.97. The van der Waals surface area contributed by atoms with Crippen LogP contribution >= 0.6 is 0 Å². The molecule has 1 fully saturated rings. The first-order valence-corrected chi connectivity index (χ1v) is 6.48. The largest absolute Gasteiger partial charge is 0.478 e. The van der Waals surface area contributed by atoms with Gasteiger partial charge in [0.1, 0.15) is 0 Å². The van der Waals surface area contributed by atoms with Crippen LogP contribution in [0.4, 0.5) is 11.4 Å². The van der Waals surface area contributed by atoms with E-state index in [1.807, 2.05) is 0 Å². The molecular weight excluding hydrogens is 244 g/mol. The Morgan fingerprint density at radius 1 is 1.21 bits per heavy atom. The second kappa shape index (κ2) is 5.73. The predicted octanol–water partition coefficient (Wildman–Crippen LogP) is 2.33. The van der Waals surface area contributed by atoms with Crippen molar-refractivity contribution in [2.24, 2.45) is 0 Å². The van der Waals surface area contributed by atoms with Gasteiger partial charge in [0.05, 0.1) is 11.3 Å². The fraction of sp³-hybridized carbons (Fsp3) is 0.429. The van der Waals surface area contributed by atoms with Gasteiger partial charge in [0.2, 0.25) is 5.91 Å². The van der Waals surface area contributed by atoms with E-state index in [1.54, 1.807) is 12.1 Å². The van der Waals surface area contributed by atoms with Crippen molar-refractivity contribution >= 4 is 23.3 Å². The van der Waals surface area contributed by atoms with Gasteiger partial charge in [-0.1, -0.05) is 0 Å². The number of benzene rings is 1. The number of piperidine rings is 1. The van der Waals surface area contributed by atoms with Crippen molar-refractivity contribution in [2.45, 2.75) is 26.2 Å². The lowest BCUT2D eigenvalue weighted by molar-refractivity contribution is -0.114. The molecule has 5 nitrogen and oxygen atoms in total. The highest BCUT2D eigenvalue weighted by Crippen LogP contribution is 2.27. The number of carboxylic acid groups (broad SMARTS) is 1. The van der Waals surface area contributed by atoms with E-state index in [9.17, 15) is 14.7 Å². The van der Waals surface area contributed by atoms with Gasteiger partial charge in [0.15, 0.2) is 0 Å². The number of nitrogens with zero attached hydrogens (tertiary/aromatic N) is 1. The minimum atomic E-state index is -0.965. The van der Waals surface area contributed by atoms with Crippen LogP contribution < -0.4 is 10.2 Å². The van der Waals surface area contributed by atoms with Gasteiger partial charge in [-0.25, -0.2) is 4.79 Å². The Morgan fingerprint density at radius 2 is 1.89 bits per heavy atom. The maximum Gasteiger partial charge on any atom is 0.337 e. The van der Waals surface area contributed by atoms with Crippen molar-refractivity contribution in [1.29, 1.82) is 0 Å². The number of amides is 1. The fourth-order valence-electron chi connectivity index (χ4n) is 2.40. The molecule has 0 unspecified atom stereocenters. The molecule has 1 aromatic carbocycles. The fourth-order valence-corrected chi connectivity index (χ4v) is 2.40. The maximum atomic E-state index is 11.4. The molecule has 102 valence electrons. The monoisotopic (exact) mass is 262 g/mol. The third kappa shape index (κ3) is 3.24. The summed E-state index contributed by atoms with van der Waals surface area (Å²) in [6, 6.07) is 5.05. The molecule has 0 bridgehead atoms. The summed E-state index contributed by atoms with van der Waals surface area (Å²) in [7, 11) is 0. The normalized spacial score (nSPS) is 15.1. The van der Waals surface area contributed by atoms with Gasteiger partial charge in [-0.15, -0.1) is 0 Å². The van der Waals surface area contributed by atoms with Crippen molar-refractivity contribution in [2.75, 3.05) is 23.3 Å². The minimum Gasteiger partial charge on any atom is -0.478 e. The molecule has 2 N–H and O–H groups in total. The Labute approximate surface area is 112 Å². The van der Waals surface area contributed by atoms with Gasteiger partial charge in [-0.3, -0.25) is 4.79 Å². The van der Waals surface area contributed by atoms with Crippen molar-refractivity contribution < 1.29 is 14.7 Å². The average molecular weight is 262 g/mol. The van der Waals surface area contributed by atoms with E-state index < -0.39 is 5.97 Å². The molecule has 1 aliphatic rings. The van der Waals surface area contributed by atoms with Crippen LogP contribution in [-0.2, 0) is 4.79 Å². The van der Waals surface area contributed by atoms with E-state index in [2.05, 4.69) is 10.2 Å². The minimum absolute atomic E-state index is 0.206. The summed E-state index contributed by atoms with van der Waals surface area (Å²) in [6.45, 7) is 3.18.